The molecule has 0 aliphatic heterocycles. The Bertz CT molecular complexity index is 1400. The molecule has 0 saturated carbocycles. The van der Waals surface area contributed by atoms with Crippen molar-refractivity contribution < 1.29 is 29.4 Å². The van der Waals surface area contributed by atoms with E-state index in [1.54, 1.807) is 12.1 Å². The fraction of sp³-hybridized carbons (Fsp3) is 0.115. The van der Waals surface area contributed by atoms with E-state index in [-0.39, 0.29) is 39.6 Å². The molecular formula is C26H21ClN4O6. The maximum atomic E-state index is 12.7. The second-order valence-electron chi connectivity index (χ2n) is 7.81. The summed E-state index contributed by atoms with van der Waals surface area (Å²) in [5, 5.41) is 35.2. The van der Waals surface area contributed by atoms with Crippen molar-refractivity contribution in [3.8, 4) is 11.8 Å². The van der Waals surface area contributed by atoms with Crippen molar-refractivity contribution in [2.75, 3.05) is 6.54 Å². The van der Waals surface area contributed by atoms with E-state index in [1.165, 1.54) is 54.6 Å². The van der Waals surface area contributed by atoms with Crippen molar-refractivity contribution >= 4 is 35.3 Å². The Morgan fingerprint density at radius 3 is 2.27 bits per heavy atom. The molecule has 3 amide bonds. The molecular weight excluding hydrogens is 500 g/mol. The van der Waals surface area contributed by atoms with Crippen LogP contribution >= 0.6 is 11.6 Å². The highest BCUT2D eigenvalue weighted by Crippen LogP contribution is 2.19. The Labute approximate surface area is 216 Å². The van der Waals surface area contributed by atoms with Gasteiger partial charge in [0.1, 0.15) is 11.8 Å². The first-order chi connectivity index (χ1) is 17.7. The number of amides is 3. The SMILES string of the molecule is N#Cc1cccc(C(=O)NC[C@H](NC(=O)c2ccc(C(=O)NCc3cccc(O)c3)cc2Cl)C(=O)O)c1. The molecule has 3 aromatic carbocycles. The Hall–Kier alpha value is -4.88. The largest absolute Gasteiger partial charge is 0.508 e. The van der Waals surface area contributed by atoms with Crippen molar-refractivity contribution in [2.45, 2.75) is 12.6 Å². The number of benzene rings is 3. The normalized spacial score (nSPS) is 11.0. The van der Waals surface area contributed by atoms with Gasteiger partial charge in [0.2, 0.25) is 0 Å². The van der Waals surface area contributed by atoms with Crippen LogP contribution in [0.3, 0.4) is 0 Å². The van der Waals surface area contributed by atoms with E-state index in [4.69, 9.17) is 16.9 Å². The number of phenolic OH excluding ortho intramolecular Hbond substituents is 1. The molecule has 0 radical (unpaired) electrons. The molecule has 1 atom stereocenters. The number of nitrogens with one attached hydrogen (secondary N) is 3. The van der Waals surface area contributed by atoms with E-state index < -0.39 is 36.3 Å². The zero-order valence-corrected chi connectivity index (χ0v) is 20.0. The summed E-state index contributed by atoms with van der Waals surface area (Å²) in [6.45, 7) is -0.274. The minimum absolute atomic E-state index is 0.0644. The molecule has 0 aromatic heterocycles. The van der Waals surface area contributed by atoms with Crippen LogP contribution in [0.25, 0.3) is 0 Å². The lowest BCUT2D eigenvalue weighted by Crippen LogP contribution is -2.48. The first-order valence-corrected chi connectivity index (χ1v) is 11.2. The lowest BCUT2D eigenvalue weighted by atomic mass is 10.1. The number of aliphatic carboxylic acids is 1. The number of nitrogens with zero attached hydrogens (tertiary/aromatic N) is 1. The van der Waals surface area contributed by atoms with Crippen LogP contribution in [0.1, 0.15) is 42.2 Å². The van der Waals surface area contributed by atoms with Crippen LogP contribution in [0.4, 0.5) is 0 Å². The van der Waals surface area contributed by atoms with Gasteiger partial charge in [0, 0.05) is 24.2 Å². The van der Waals surface area contributed by atoms with Crippen LogP contribution in [0.15, 0.2) is 66.7 Å². The molecule has 0 aliphatic carbocycles. The molecule has 11 heteroatoms. The minimum atomic E-state index is -1.48. The van der Waals surface area contributed by atoms with Gasteiger partial charge in [-0.2, -0.15) is 5.26 Å². The zero-order valence-electron chi connectivity index (χ0n) is 19.2. The molecule has 0 bridgehead atoms. The van der Waals surface area contributed by atoms with Gasteiger partial charge < -0.3 is 26.2 Å². The quantitative estimate of drug-likeness (QED) is 0.288. The number of carbonyl (C=O) groups excluding carboxylic acids is 3. The number of carbonyl (C=O) groups is 4. The highest BCUT2D eigenvalue weighted by molar-refractivity contribution is 6.34. The van der Waals surface area contributed by atoms with Gasteiger partial charge >= 0.3 is 5.97 Å². The van der Waals surface area contributed by atoms with Crippen molar-refractivity contribution in [1.29, 1.82) is 5.26 Å². The van der Waals surface area contributed by atoms with Gasteiger partial charge in [0.15, 0.2) is 0 Å². The molecule has 0 heterocycles. The van der Waals surface area contributed by atoms with Crippen LogP contribution in [-0.4, -0.2) is 46.5 Å². The van der Waals surface area contributed by atoms with Gasteiger partial charge in [-0.15, -0.1) is 0 Å². The third-order valence-corrected chi connectivity index (χ3v) is 5.48. The van der Waals surface area contributed by atoms with Crippen molar-refractivity contribution in [2.24, 2.45) is 0 Å². The standard InChI is InChI=1S/C26H21ClN4O6/c27-21-11-18(24(34)29-13-16-4-2-6-19(32)10-16)7-8-20(21)25(35)31-22(26(36)37)14-30-23(33)17-5-1-3-15(9-17)12-28/h1-11,22,32H,13-14H2,(H,29,34)(H,30,33)(H,31,35)(H,36,37)/t22-/m0/s1. The summed E-state index contributed by atoms with van der Waals surface area (Å²) in [5.41, 5.74) is 1.21. The topological polar surface area (TPSA) is 169 Å². The monoisotopic (exact) mass is 520 g/mol. The van der Waals surface area contributed by atoms with Gasteiger partial charge in [-0.05, 0) is 54.1 Å². The molecule has 0 spiro atoms. The zero-order chi connectivity index (χ0) is 26.9. The summed E-state index contributed by atoms with van der Waals surface area (Å²) < 4.78 is 0. The lowest BCUT2D eigenvalue weighted by molar-refractivity contribution is -0.139. The Kier molecular flexibility index (Phi) is 8.81. The predicted octanol–water partition coefficient (Wildman–Crippen LogP) is 2.46. The van der Waals surface area contributed by atoms with Crippen LogP contribution in [0.2, 0.25) is 5.02 Å². The third-order valence-electron chi connectivity index (χ3n) is 5.16. The Balaban J connectivity index is 1.61. The molecule has 37 heavy (non-hydrogen) atoms. The van der Waals surface area contributed by atoms with E-state index in [1.807, 2.05) is 6.07 Å². The predicted molar refractivity (Wildman–Crippen MR) is 133 cm³/mol. The maximum Gasteiger partial charge on any atom is 0.328 e. The minimum Gasteiger partial charge on any atom is -0.508 e. The molecule has 10 nitrogen and oxygen atoms in total. The number of carboxylic acid groups (broad SMARTS) is 1. The third kappa shape index (κ3) is 7.30. The van der Waals surface area contributed by atoms with Gasteiger partial charge in [-0.25, -0.2) is 4.79 Å². The molecule has 188 valence electrons. The van der Waals surface area contributed by atoms with Gasteiger partial charge in [-0.3, -0.25) is 14.4 Å². The maximum absolute atomic E-state index is 12.7. The van der Waals surface area contributed by atoms with Crippen molar-refractivity contribution in [3.63, 3.8) is 0 Å². The average Bonchev–Trinajstić information content (AvgIpc) is 2.89. The van der Waals surface area contributed by atoms with Crippen molar-refractivity contribution in [1.82, 2.24) is 16.0 Å². The van der Waals surface area contributed by atoms with Crippen molar-refractivity contribution in [3.05, 3.63) is 99.6 Å². The van der Waals surface area contributed by atoms with E-state index >= 15 is 0 Å². The summed E-state index contributed by atoms with van der Waals surface area (Å²) in [7, 11) is 0. The molecule has 5 N–H and O–H groups in total. The van der Waals surface area contributed by atoms with E-state index in [0.29, 0.717) is 5.56 Å². The first-order valence-electron chi connectivity index (χ1n) is 10.9. The highest BCUT2D eigenvalue weighted by atomic mass is 35.5. The number of carboxylic acids is 1. The summed E-state index contributed by atoms with van der Waals surface area (Å²) in [5.74, 6) is -3.22. The molecule has 3 rings (SSSR count). The molecule has 0 aliphatic rings. The number of rotatable bonds is 9. The molecule has 0 unspecified atom stereocenters. The number of hydrogen-bond acceptors (Lipinski definition) is 6. The second-order valence-corrected chi connectivity index (χ2v) is 8.22. The van der Waals surface area contributed by atoms with Crippen LogP contribution < -0.4 is 16.0 Å². The van der Waals surface area contributed by atoms with Gasteiger partial charge in [0.05, 0.1) is 22.2 Å². The van der Waals surface area contributed by atoms with E-state index in [0.717, 1.165) is 0 Å². The number of halogens is 1. The number of aromatic hydroxyl groups is 1. The molecule has 0 saturated heterocycles. The van der Waals surface area contributed by atoms with Gasteiger partial charge in [0.25, 0.3) is 17.7 Å². The summed E-state index contributed by atoms with van der Waals surface area (Å²) in [4.78, 5) is 49.1. The average molecular weight is 521 g/mol. The second kappa shape index (κ2) is 12.2. The molecule has 3 aromatic rings. The lowest BCUT2D eigenvalue weighted by Gasteiger charge is -2.16. The van der Waals surface area contributed by atoms with Gasteiger partial charge in [-0.1, -0.05) is 29.8 Å². The van der Waals surface area contributed by atoms with Crippen LogP contribution in [0.5, 0.6) is 5.75 Å². The highest BCUT2D eigenvalue weighted by Gasteiger charge is 2.23. The number of nitriles is 1. The Morgan fingerprint density at radius 1 is 0.892 bits per heavy atom. The summed E-state index contributed by atoms with van der Waals surface area (Å²) >= 11 is 6.19. The smallest absolute Gasteiger partial charge is 0.328 e. The van der Waals surface area contributed by atoms with E-state index in [2.05, 4.69) is 16.0 Å². The molecule has 0 fully saturated rings. The van der Waals surface area contributed by atoms with Crippen LogP contribution in [-0.2, 0) is 11.3 Å². The Morgan fingerprint density at radius 2 is 1.59 bits per heavy atom. The fourth-order valence-electron chi connectivity index (χ4n) is 3.25. The summed E-state index contributed by atoms with van der Waals surface area (Å²) in [6.07, 6.45) is 0. The number of phenols is 1. The number of hydrogen-bond donors (Lipinski definition) is 5. The fourth-order valence-corrected chi connectivity index (χ4v) is 3.52. The van der Waals surface area contributed by atoms with Crippen LogP contribution in [0, 0.1) is 11.3 Å². The summed E-state index contributed by atoms with van der Waals surface area (Å²) in [6, 6.07) is 16.6. The first kappa shape index (κ1) is 26.7. The van der Waals surface area contributed by atoms with E-state index in [9.17, 15) is 29.4 Å².